The van der Waals surface area contributed by atoms with Gasteiger partial charge in [0.2, 0.25) is 5.89 Å². The maximum Gasteiger partial charge on any atom is 0.318 e. The van der Waals surface area contributed by atoms with Gasteiger partial charge in [-0.1, -0.05) is 55.2 Å². The van der Waals surface area contributed by atoms with Crippen LogP contribution in [0.4, 0.5) is 4.79 Å². The normalized spacial score (nSPS) is 20.0. The zero-order chi connectivity index (χ0) is 20.5. The zero-order valence-corrected chi connectivity index (χ0v) is 17.6. The molecule has 1 aliphatic carbocycles. The van der Waals surface area contributed by atoms with Crippen molar-refractivity contribution in [1.82, 2.24) is 15.2 Å². The van der Waals surface area contributed by atoms with Crippen molar-refractivity contribution >= 4 is 17.1 Å². The van der Waals surface area contributed by atoms with Crippen molar-refractivity contribution in [3.63, 3.8) is 0 Å². The Labute approximate surface area is 177 Å². The predicted molar refractivity (Wildman–Crippen MR) is 118 cm³/mol. The molecule has 2 fully saturated rings. The molecule has 0 radical (unpaired) electrons. The Morgan fingerprint density at radius 3 is 2.70 bits per heavy atom. The molecule has 1 aromatic heterocycles. The number of oxazole rings is 1. The summed E-state index contributed by atoms with van der Waals surface area (Å²) in [6.07, 6.45) is 7.77. The Morgan fingerprint density at radius 1 is 1.03 bits per heavy atom. The van der Waals surface area contributed by atoms with Crippen LogP contribution in [0.1, 0.15) is 62.4 Å². The van der Waals surface area contributed by atoms with Gasteiger partial charge in [0, 0.05) is 12.6 Å². The Kier molecular flexibility index (Phi) is 5.19. The van der Waals surface area contributed by atoms with Crippen LogP contribution in [0.15, 0.2) is 46.9 Å². The minimum atomic E-state index is -0.0802. The number of benzene rings is 2. The summed E-state index contributed by atoms with van der Waals surface area (Å²) in [6, 6.07) is 14.9. The minimum Gasteiger partial charge on any atom is -0.438 e. The van der Waals surface area contributed by atoms with E-state index in [-0.39, 0.29) is 12.1 Å². The molecule has 0 unspecified atom stereocenters. The number of rotatable bonds is 3. The number of carbonyl (C=O) groups excluding carboxylic acids is 1. The largest absolute Gasteiger partial charge is 0.438 e. The number of hydrogen-bond donors (Lipinski definition) is 1. The summed E-state index contributed by atoms with van der Waals surface area (Å²) in [5, 5.41) is 3.25. The van der Waals surface area contributed by atoms with Crippen molar-refractivity contribution in [2.24, 2.45) is 0 Å². The molecule has 5 rings (SSSR count). The van der Waals surface area contributed by atoms with Crippen molar-refractivity contribution in [2.45, 2.75) is 64.0 Å². The van der Waals surface area contributed by atoms with Crippen LogP contribution in [0.25, 0.3) is 22.2 Å². The molecule has 3 aromatic rings. The Hall–Kier alpha value is -2.82. The van der Waals surface area contributed by atoms with Crippen LogP contribution in [0, 0.1) is 6.92 Å². The molecular formula is C25H29N3O2. The second-order valence-electron chi connectivity index (χ2n) is 8.74. The lowest BCUT2D eigenvalue weighted by Crippen LogP contribution is -2.45. The summed E-state index contributed by atoms with van der Waals surface area (Å²) in [5.41, 5.74) is 5.17. The number of likely N-dealkylation sites (tertiary alicyclic amines) is 1. The first kappa shape index (κ1) is 19.2. The van der Waals surface area contributed by atoms with Crippen molar-refractivity contribution in [3.05, 3.63) is 53.9 Å². The van der Waals surface area contributed by atoms with Gasteiger partial charge < -0.3 is 14.6 Å². The van der Waals surface area contributed by atoms with Gasteiger partial charge >= 0.3 is 6.03 Å². The Morgan fingerprint density at radius 2 is 1.87 bits per heavy atom. The topological polar surface area (TPSA) is 58.4 Å². The van der Waals surface area contributed by atoms with E-state index in [0.717, 1.165) is 48.9 Å². The standard InChI is InChI=1S/C25H29N3O2/c1-17-7-5-8-18(15-17)19-12-13-23-21(16-19)27-24(30-23)22-11-6-14-28(22)25(29)26-20-9-3-2-4-10-20/h5,7-8,12-13,15-16,20,22H,2-4,6,9-11,14H2,1H3,(H,26,29)/t22-/m0/s1. The number of nitrogens with zero attached hydrogens (tertiary/aromatic N) is 2. The van der Waals surface area contributed by atoms with Crippen LogP contribution in [0.3, 0.4) is 0 Å². The number of carbonyl (C=O) groups is 1. The lowest BCUT2D eigenvalue weighted by atomic mass is 9.96. The molecule has 2 aromatic carbocycles. The van der Waals surface area contributed by atoms with E-state index in [2.05, 4.69) is 48.6 Å². The molecule has 0 spiro atoms. The maximum absolute atomic E-state index is 12.9. The fraction of sp³-hybridized carbons (Fsp3) is 0.440. The number of aryl methyl sites for hydroxylation is 1. The lowest BCUT2D eigenvalue weighted by Gasteiger charge is -2.28. The quantitative estimate of drug-likeness (QED) is 0.585. The first-order valence-corrected chi connectivity index (χ1v) is 11.2. The van der Waals surface area contributed by atoms with E-state index in [1.807, 2.05) is 11.0 Å². The molecule has 1 aliphatic heterocycles. The second-order valence-corrected chi connectivity index (χ2v) is 8.74. The molecule has 1 N–H and O–H groups in total. The fourth-order valence-electron chi connectivity index (χ4n) is 4.86. The maximum atomic E-state index is 12.9. The number of fused-ring (bicyclic) bond motifs is 1. The van der Waals surface area contributed by atoms with Gasteiger partial charge in [0.25, 0.3) is 0 Å². The molecular weight excluding hydrogens is 374 g/mol. The third-order valence-electron chi connectivity index (χ3n) is 6.49. The molecule has 1 atom stereocenters. The van der Waals surface area contributed by atoms with Crippen LogP contribution in [-0.4, -0.2) is 28.5 Å². The Balaban J connectivity index is 1.37. The summed E-state index contributed by atoms with van der Waals surface area (Å²) < 4.78 is 6.10. The number of hydrogen-bond acceptors (Lipinski definition) is 3. The van der Waals surface area contributed by atoms with Gasteiger partial charge in [-0.3, -0.25) is 0 Å². The van der Waals surface area contributed by atoms with E-state index < -0.39 is 0 Å². The number of urea groups is 1. The molecule has 2 amide bonds. The van der Waals surface area contributed by atoms with E-state index in [1.54, 1.807) is 0 Å². The van der Waals surface area contributed by atoms with E-state index >= 15 is 0 Å². The third kappa shape index (κ3) is 3.81. The molecule has 5 nitrogen and oxygen atoms in total. The van der Waals surface area contributed by atoms with Crippen molar-refractivity contribution in [1.29, 1.82) is 0 Å². The highest BCUT2D eigenvalue weighted by molar-refractivity contribution is 5.81. The van der Waals surface area contributed by atoms with Gasteiger partial charge in [0.1, 0.15) is 11.6 Å². The van der Waals surface area contributed by atoms with Gasteiger partial charge in [-0.25, -0.2) is 9.78 Å². The predicted octanol–water partition coefficient (Wildman–Crippen LogP) is 5.98. The minimum absolute atomic E-state index is 0.0344. The molecule has 30 heavy (non-hydrogen) atoms. The van der Waals surface area contributed by atoms with Crippen LogP contribution in [0.5, 0.6) is 0 Å². The smallest absolute Gasteiger partial charge is 0.318 e. The lowest BCUT2D eigenvalue weighted by molar-refractivity contribution is 0.178. The second kappa shape index (κ2) is 8.13. The Bertz CT molecular complexity index is 1050. The fourth-order valence-corrected chi connectivity index (χ4v) is 4.86. The summed E-state index contributed by atoms with van der Waals surface area (Å²) in [6.45, 7) is 2.86. The van der Waals surface area contributed by atoms with E-state index in [4.69, 9.17) is 9.40 Å². The number of aromatic nitrogens is 1. The SMILES string of the molecule is Cc1cccc(-c2ccc3oc([C@@H]4CCCN4C(=O)NC4CCCCC4)nc3c2)c1. The summed E-state index contributed by atoms with van der Waals surface area (Å²) in [5.74, 6) is 0.655. The van der Waals surface area contributed by atoms with Crippen LogP contribution < -0.4 is 5.32 Å². The molecule has 2 heterocycles. The van der Waals surface area contributed by atoms with Crippen LogP contribution in [0.2, 0.25) is 0 Å². The zero-order valence-electron chi connectivity index (χ0n) is 17.6. The summed E-state index contributed by atoms with van der Waals surface area (Å²) in [4.78, 5) is 19.6. The van der Waals surface area contributed by atoms with E-state index in [1.165, 1.54) is 30.4 Å². The first-order valence-electron chi connectivity index (χ1n) is 11.2. The van der Waals surface area contributed by atoms with Gasteiger partial charge in [0.05, 0.1) is 0 Å². The monoisotopic (exact) mass is 403 g/mol. The number of nitrogens with one attached hydrogen (secondary N) is 1. The highest BCUT2D eigenvalue weighted by Gasteiger charge is 2.34. The average molecular weight is 404 g/mol. The van der Waals surface area contributed by atoms with Crippen molar-refractivity contribution in [2.75, 3.05) is 6.54 Å². The molecule has 1 saturated heterocycles. The number of amides is 2. The highest BCUT2D eigenvalue weighted by Crippen LogP contribution is 2.34. The third-order valence-corrected chi connectivity index (χ3v) is 6.49. The van der Waals surface area contributed by atoms with E-state index in [0.29, 0.717) is 11.9 Å². The molecule has 156 valence electrons. The molecule has 2 aliphatic rings. The van der Waals surface area contributed by atoms with E-state index in [9.17, 15) is 4.79 Å². The van der Waals surface area contributed by atoms with Gasteiger partial charge in [-0.2, -0.15) is 0 Å². The van der Waals surface area contributed by atoms with Crippen LogP contribution >= 0.6 is 0 Å². The summed E-state index contributed by atoms with van der Waals surface area (Å²) >= 11 is 0. The van der Waals surface area contributed by atoms with Crippen LogP contribution in [-0.2, 0) is 0 Å². The summed E-state index contributed by atoms with van der Waals surface area (Å²) in [7, 11) is 0. The van der Waals surface area contributed by atoms with Crippen molar-refractivity contribution in [3.8, 4) is 11.1 Å². The first-order chi connectivity index (χ1) is 14.7. The highest BCUT2D eigenvalue weighted by atomic mass is 16.4. The molecule has 5 heteroatoms. The average Bonchev–Trinajstić information content (AvgIpc) is 3.41. The molecule has 1 saturated carbocycles. The van der Waals surface area contributed by atoms with Gasteiger partial charge in [-0.05, 0) is 55.9 Å². The molecule has 0 bridgehead atoms. The van der Waals surface area contributed by atoms with Crippen molar-refractivity contribution < 1.29 is 9.21 Å². The van der Waals surface area contributed by atoms with Gasteiger partial charge in [-0.15, -0.1) is 0 Å². The van der Waals surface area contributed by atoms with Gasteiger partial charge in [0.15, 0.2) is 5.58 Å².